The number of benzene rings is 1. The van der Waals surface area contributed by atoms with Crippen molar-refractivity contribution in [2.45, 2.75) is 42.8 Å². The van der Waals surface area contributed by atoms with Gasteiger partial charge in [0.05, 0.1) is 0 Å². The first kappa shape index (κ1) is 18.1. The number of nitrogens with zero attached hydrogens (tertiary/aromatic N) is 4. The van der Waals surface area contributed by atoms with Crippen LogP contribution in [0.1, 0.15) is 20.3 Å². The van der Waals surface area contributed by atoms with E-state index in [4.69, 9.17) is 0 Å². The number of hydrogen-bond acceptors (Lipinski definition) is 5. The van der Waals surface area contributed by atoms with Crippen LogP contribution in [0.2, 0.25) is 0 Å². The Labute approximate surface area is 153 Å². The highest BCUT2D eigenvalue weighted by Gasteiger charge is 2.15. The third-order valence-electron chi connectivity index (χ3n) is 3.81. The van der Waals surface area contributed by atoms with Crippen LogP contribution in [-0.2, 0) is 11.3 Å². The molecule has 0 spiro atoms. The molecule has 0 unspecified atom stereocenters. The molecule has 0 aliphatic heterocycles. The summed E-state index contributed by atoms with van der Waals surface area (Å²) >= 11 is 1.27. The van der Waals surface area contributed by atoms with Crippen LogP contribution in [0.5, 0.6) is 0 Å². The summed E-state index contributed by atoms with van der Waals surface area (Å²) in [5, 5.41) is 7.55. The Balaban J connectivity index is 1.89. The molecule has 1 amide bonds. The number of aromatic nitrogens is 4. The monoisotopic (exact) mass is 375 g/mol. The summed E-state index contributed by atoms with van der Waals surface area (Å²) in [5.74, 6) is -0.598. The van der Waals surface area contributed by atoms with Gasteiger partial charge in [-0.1, -0.05) is 18.7 Å². The van der Waals surface area contributed by atoms with Gasteiger partial charge < -0.3 is 5.32 Å². The zero-order valence-electron chi connectivity index (χ0n) is 14.3. The molecule has 3 aromatic rings. The van der Waals surface area contributed by atoms with Crippen molar-refractivity contribution in [2.24, 2.45) is 0 Å². The first-order valence-corrected chi connectivity index (χ1v) is 8.96. The van der Waals surface area contributed by atoms with Gasteiger partial charge in [-0.3, -0.25) is 4.79 Å². The maximum atomic E-state index is 13.0. The number of carbonyl (C=O) groups is 1. The fourth-order valence-electron chi connectivity index (χ4n) is 2.27. The van der Waals surface area contributed by atoms with E-state index in [2.05, 4.69) is 15.4 Å². The van der Waals surface area contributed by atoms with Gasteiger partial charge in [-0.05, 0) is 37.6 Å². The summed E-state index contributed by atoms with van der Waals surface area (Å²) in [6, 6.07) is 5.99. The van der Waals surface area contributed by atoms with Gasteiger partial charge in [0.1, 0.15) is 17.4 Å². The largest absolute Gasteiger partial charge is 0.352 e. The molecule has 1 N–H and O–H groups in total. The van der Waals surface area contributed by atoms with Crippen molar-refractivity contribution >= 4 is 23.3 Å². The molecule has 9 heteroatoms. The van der Waals surface area contributed by atoms with E-state index in [0.29, 0.717) is 10.7 Å². The Bertz CT molecular complexity index is 983. The van der Waals surface area contributed by atoms with Gasteiger partial charge in [0.25, 0.3) is 0 Å². The second kappa shape index (κ2) is 7.69. The number of rotatable bonds is 6. The van der Waals surface area contributed by atoms with Gasteiger partial charge in [-0.2, -0.15) is 0 Å². The van der Waals surface area contributed by atoms with Gasteiger partial charge in [0.2, 0.25) is 5.91 Å². The van der Waals surface area contributed by atoms with Gasteiger partial charge >= 0.3 is 5.69 Å². The highest BCUT2D eigenvalue weighted by Crippen LogP contribution is 2.27. The van der Waals surface area contributed by atoms with Crippen LogP contribution in [0.4, 0.5) is 4.39 Å². The van der Waals surface area contributed by atoms with E-state index in [0.717, 1.165) is 16.0 Å². The zero-order valence-corrected chi connectivity index (χ0v) is 15.2. The first-order chi connectivity index (χ1) is 12.5. The molecule has 3 rings (SSSR count). The highest BCUT2D eigenvalue weighted by atomic mass is 32.2. The van der Waals surface area contributed by atoms with E-state index in [9.17, 15) is 14.0 Å². The number of fused-ring (bicyclic) bond motifs is 1. The lowest BCUT2D eigenvalue weighted by Gasteiger charge is -2.10. The minimum atomic E-state index is -0.414. The standard InChI is InChI=1S/C17H18FN5O2S/c1-3-11(2)20-14(24)10-23-17(25)22-9-8-19-16(15(22)21-23)26-13-6-4-12(18)5-7-13/h4-9,11H,3,10H2,1-2H3,(H,20,24)/t11-/m1/s1. The fourth-order valence-corrected chi connectivity index (χ4v) is 3.11. The Morgan fingerprint density at radius 1 is 1.35 bits per heavy atom. The number of nitrogens with one attached hydrogen (secondary N) is 1. The van der Waals surface area contributed by atoms with E-state index in [1.807, 2.05) is 13.8 Å². The van der Waals surface area contributed by atoms with Crippen LogP contribution in [-0.4, -0.2) is 31.1 Å². The lowest BCUT2D eigenvalue weighted by atomic mass is 10.2. The molecule has 0 aliphatic rings. The first-order valence-electron chi connectivity index (χ1n) is 8.15. The second-order valence-electron chi connectivity index (χ2n) is 5.80. The SMILES string of the molecule is CC[C@@H](C)NC(=O)Cn1nc2c(Sc3ccc(F)cc3)nccn2c1=O. The fraction of sp³-hybridized carbons (Fsp3) is 0.294. The molecule has 0 fully saturated rings. The van der Waals surface area contributed by atoms with E-state index < -0.39 is 5.69 Å². The van der Waals surface area contributed by atoms with Crippen molar-refractivity contribution in [3.05, 3.63) is 53.0 Å². The summed E-state index contributed by atoms with van der Waals surface area (Å²) in [6.07, 6.45) is 3.79. The van der Waals surface area contributed by atoms with E-state index in [-0.39, 0.29) is 24.3 Å². The summed E-state index contributed by atoms with van der Waals surface area (Å²) in [6.45, 7) is 3.70. The molecule has 7 nitrogen and oxygen atoms in total. The van der Waals surface area contributed by atoms with Crippen LogP contribution < -0.4 is 11.0 Å². The second-order valence-corrected chi connectivity index (χ2v) is 6.86. The molecule has 0 radical (unpaired) electrons. The third kappa shape index (κ3) is 3.93. The highest BCUT2D eigenvalue weighted by molar-refractivity contribution is 7.99. The smallest absolute Gasteiger partial charge is 0.350 e. The molecule has 0 aliphatic carbocycles. The lowest BCUT2D eigenvalue weighted by molar-refractivity contribution is -0.122. The molecule has 136 valence electrons. The third-order valence-corrected chi connectivity index (χ3v) is 4.80. The molecule has 1 aromatic carbocycles. The Kier molecular flexibility index (Phi) is 5.36. The van der Waals surface area contributed by atoms with Gasteiger partial charge in [0, 0.05) is 23.3 Å². The van der Waals surface area contributed by atoms with Gasteiger partial charge in [-0.15, -0.1) is 5.10 Å². The maximum absolute atomic E-state index is 13.0. The lowest BCUT2D eigenvalue weighted by Crippen LogP contribution is -2.37. The summed E-state index contributed by atoms with van der Waals surface area (Å²) < 4.78 is 15.5. The minimum absolute atomic E-state index is 0.0292. The maximum Gasteiger partial charge on any atom is 0.350 e. The number of hydrogen-bond donors (Lipinski definition) is 1. The number of halogens is 1. The van der Waals surface area contributed by atoms with Crippen LogP contribution in [0.25, 0.3) is 5.65 Å². The van der Waals surface area contributed by atoms with Crippen molar-refractivity contribution in [1.29, 1.82) is 0 Å². The van der Waals surface area contributed by atoms with Crippen LogP contribution in [0.15, 0.2) is 51.4 Å². The van der Waals surface area contributed by atoms with E-state index >= 15 is 0 Å². The van der Waals surface area contributed by atoms with Crippen molar-refractivity contribution in [3.8, 4) is 0 Å². The van der Waals surface area contributed by atoms with Crippen molar-refractivity contribution in [3.63, 3.8) is 0 Å². The number of carbonyl (C=O) groups excluding carboxylic acids is 1. The average Bonchev–Trinajstić information content (AvgIpc) is 2.94. The summed E-state index contributed by atoms with van der Waals surface area (Å²) in [7, 11) is 0. The topological polar surface area (TPSA) is 81.3 Å². The average molecular weight is 375 g/mol. The molecule has 2 heterocycles. The van der Waals surface area contributed by atoms with Crippen molar-refractivity contribution in [1.82, 2.24) is 24.5 Å². The quantitative estimate of drug-likeness (QED) is 0.714. The van der Waals surface area contributed by atoms with E-state index in [1.54, 1.807) is 12.1 Å². The molecule has 26 heavy (non-hydrogen) atoms. The van der Waals surface area contributed by atoms with Crippen molar-refractivity contribution in [2.75, 3.05) is 0 Å². The van der Waals surface area contributed by atoms with Crippen molar-refractivity contribution < 1.29 is 9.18 Å². The predicted molar refractivity (Wildman–Crippen MR) is 95.7 cm³/mol. The van der Waals surface area contributed by atoms with Gasteiger partial charge in [0.15, 0.2) is 5.65 Å². The van der Waals surface area contributed by atoms with Crippen LogP contribution in [0.3, 0.4) is 0 Å². The molecule has 0 saturated carbocycles. The van der Waals surface area contributed by atoms with Gasteiger partial charge in [-0.25, -0.2) is 23.3 Å². The van der Waals surface area contributed by atoms with Crippen LogP contribution >= 0.6 is 11.8 Å². The molecule has 0 saturated heterocycles. The summed E-state index contributed by atoms with van der Waals surface area (Å²) in [5.41, 5.74) is -0.0641. The Morgan fingerprint density at radius 2 is 2.08 bits per heavy atom. The minimum Gasteiger partial charge on any atom is -0.352 e. The Hall–Kier alpha value is -2.68. The van der Waals surface area contributed by atoms with E-state index in [1.165, 1.54) is 40.7 Å². The molecular weight excluding hydrogens is 357 g/mol. The molecule has 1 atom stereocenters. The molecule has 2 aromatic heterocycles. The Morgan fingerprint density at radius 3 is 2.77 bits per heavy atom. The van der Waals surface area contributed by atoms with Crippen LogP contribution in [0, 0.1) is 5.82 Å². The number of amides is 1. The normalized spacial score (nSPS) is 12.3. The zero-order chi connectivity index (χ0) is 18.7. The predicted octanol–water partition coefficient (Wildman–Crippen LogP) is 2.10. The molecule has 0 bridgehead atoms. The molecular formula is C17H18FN5O2S. The summed E-state index contributed by atoms with van der Waals surface area (Å²) in [4.78, 5) is 29.5.